The quantitative estimate of drug-likeness (QED) is 0.312. The number of rotatable bonds is 4. The highest BCUT2D eigenvalue weighted by atomic mass is 32.2. The lowest BCUT2D eigenvalue weighted by atomic mass is 9.82. The number of halogens is 1. The van der Waals surface area contributed by atoms with Gasteiger partial charge in [-0.1, -0.05) is 6.07 Å². The first kappa shape index (κ1) is 28.0. The summed E-state index contributed by atoms with van der Waals surface area (Å²) in [5, 5.41) is 27.8. The largest absolute Gasteiger partial charge is 0.398 e. The van der Waals surface area contributed by atoms with Gasteiger partial charge in [0.1, 0.15) is 5.82 Å². The van der Waals surface area contributed by atoms with E-state index < -0.39 is 5.82 Å². The van der Waals surface area contributed by atoms with E-state index in [4.69, 9.17) is 22.0 Å². The van der Waals surface area contributed by atoms with Crippen LogP contribution in [0.3, 0.4) is 0 Å². The Morgan fingerprint density at radius 2 is 1.73 bits per heavy atom. The summed E-state index contributed by atoms with van der Waals surface area (Å²) in [6.45, 7) is 11.2. The predicted octanol–water partition coefficient (Wildman–Crippen LogP) is 4.24. The highest BCUT2D eigenvalue weighted by Gasteiger charge is 2.38. The fourth-order valence-corrected chi connectivity index (χ4v) is 5.23. The van der Waals surface area contributed by atoms with Crippen LogP contribution in [0, 0.1) is 22.0 Å². The Labute approximate surface area is 184 Å². The first-order valence-corrected chi connectivity index (χ1v) is 10.6. The van der Waals surface area contributed by atoms with Gasteiger partial charge in [-0.25, -0.2) is 4.39 Å². The Hall–Kier alpha value is -2.03. The second-order valence-electron chi connectivity index (χ2n) is 8.35. The molecule has 0 spiro atoms. The molecule has 1 heterocycles. The van der Waals surface area contributed by atoms with Crippen LogP contribution in [-0.2, 0) is 0 Å². The highest BCUT2D eigenvalue weighted by molar-refractivity contribution is 8.14. The Morgan fingerprint density at radius 3 is 2.17 bits per heavy atom. The summed E-state index contributed by atoms with van der Waals surface area (Å²) in [4.78, 5) is 0. The summed E-state index contributed by atoms with van der Waals surface area (Å²) in [6.07, 6.45) is 4.34. The molecular formula is C22H37FN6S. The van der Waals surface area contributed by atoms with Crippen LogP contribution in [0.1, 0.15) is 51.7 Å². The van der Waals surface area contributed by atoms with Crippen LogP contribution in [-0.4, -0.2) is 48.4 Å². The smallest absolute Gasteiger partial charge is 0.133 e. The molecule has 7 N–H and O–H groups in total. The van der Waals surface area contributed by atoms with Gasteiger partial charge in [0, 0.05) is 39.4 Å². The standard InChI is InChI=1S/C19H27FN4S.C2H7N.CH3N/c1-18(2)10-13(11-19(3,4)24-18)25-17(23)14-6-5-12(9-15(14)20)16(22)7-8-21;1-3-2;1-2/h5-9,13,21,23-24H,10-11,22H2,1-4H3;3H,1-2H3;2H,1H2/b16-7-,21-8?,23-17?;;. The van der Waals surface area contributed by atoms with Gasteiger partial charge in [0.2, 0.25) is 0 Å². The highest BCUT2D eigenvalue weighted by Crippen LogP contribution is 2.37. The Morgan fingerprint density at radius 1 is 1.23 bits per heavy atom. The van der Waals surface area contributed by atoms with Crippen molar-refractivity contribution in [1.82, 2.24) is 10.6 Å². The van der Waals surface area contributed by atoms with Crippen molar-refractivity contribution in [3.8, 4) is 0 Å². The molecule has 0 radical (unpaired) electrons. The van der Waals surface area contributed by atoms with Crippen molar-refractivity contribution in [2.24, 2.45) is 5.73 Å². The number of benzene rings is 1. The Bertz CT molecular complexity index is 729. The molecule has 0 saturated carbocycles. The third-order valence-electron chi connectivity index (χ3n) is 4.25. The predicted molar refractivity (Wildman–Crippen MR) is 131 cm³/mol. The SMILES string of the molecule is C=N.CC1(C)CC(SC(=N)c2ccc(/C(N)=C/C=N)cc2F)CC(C)(C)N1.CNC. The lowest BCUT2D eigenvalue weighted by molar-refractivity contribution is 0.189. The molecule has 30 heavy (non-hydrogen) atoms. The molecular weight excluding hydrogens is 399 g/mol. The van der Waals surface area contributed by atoms with E-state index >= 15 is 0 Å². The summed E-state index contributed by atoms with van der Waals surface area (Å²) in [7, 11) is 3.75. The van der Waals surface area contributed by atoms with Crippen LogP contribution in [0.4, 0.5) is 4.39 Å². The molecule has 1 aliphatic heterocycles. The van der Waals surface area contributed by atoms with E-state index in [0.717, 1.165) is 19.1 Å². The zero-order valence-corrected chi connectivity index (χ0v) is 19.8. The monoisotopic (exact) mass is 436 g/mol. The van der Waals surface area contributed by atoms with E-state index in [9.17, 15) is 4.39 Å². The first-order valence-electron chi connectivity index (χ1n) is 9.69. The van der Waals surface area contributed by atoms with Crippen LogP contribution in [0.15, 0.2) is 24.3 Å². The fourth-order valence-electron chi connectivity index (χ4n) is 3.61. The molecule has 1 saturated heterocycles. The van der Waals surface area contributed by atoms with Gasteiger partial charge in [-0.2, -0.15) is 0 Å². The summed E-state index contributed by atoms with van der Waals surface area (Å²) in [6, 6.07) is 4.62. The third-order valence-corrected chi connectivity index (χ3v) is 5.37. The topological polar surface area (TPSA) is 122 Å². The maximum absolute atomic E-state index is 14.5. The zero-order chi connectivity index (χ0) is 23.5. The molecule has 0 amide bonds. The molecule has 8 heteroatoms. The van der Waals surface area contributed by atoms with Crippen molar-refractivity contribution in [3.05, 3.63) is 41.2 Å². The fraction of sp³-hybridized carbons (Fsp3) is 0.500. The van der Waals surface area contributed by atoms with Gasteiger partial charge in [-0.3, -0.25) is 5.41 Å². The van der Waals surface area contributed by atoms with E-state index in [1.165, 1.54) is 23.9 Å². The van der Waals surface area contributed by atoms with Gasteiger partial charge in [-0.15, -0.1) is 11.8 Å². The van der Waals surface area contributed by atoms with Crippen LogP contribution in [0.25, 0.3) is 5.70 Å². The van der Waals surface area contributed by atoms with Gasteiger partial charge in [0.05, 0.1) is 5.04 Å². The van der Waals surface area contributed by atoms with Crippen molar-refractivity contribution in [1.29, 1.82) is 16.2 Å². The van der Waals surface area contributed by atoms with E-state index in [1.807, 2.05) is 14.1 Å². The van der Waals surface area contributed by atoms with Crippen molar-refractivity contribution < 1.29 is 4.39 Å². The maximum atomic E-state index is 14.5. The van der Waals surface area contributed by atoms with Crippen molar-refractivity contribution in [2.45, 2.75) is 56.9 Å². The number of piperidine rings is 1. The van der Waals surface area contributed by atoms with Crippen LogP contribution < -0.4 is 16.4 Å². The number of allylic oxidation sites excluding steroid dienone is 1. The van der Waals surface area contributed by atoms with E-state index in [-0.39, 0.29) is 21.4 Å². The summed E-state index contributed by atoms with van der Waals surface area (Å²) in [5.74, 6) is -0.455. The first-order chi connectivity index (χ1) is 13.9. The molecule has 0 unspecified atom stereocenters. The van der Waals surface area contributed by atoms with Gasteiger partial charge in [0.25, 0.3) is 0 Å². The van der Waals surface area contributed by atoms with E-state index in [2.05, 4.69) is 45.0 Å². The van der Waals surface area contributed by atoms with Crippen molar-refractivity contribution in [3.63, 3.8) is 0 Å². The van der Waals surface area contributed by atoms with E-state index in [0.29, 0.717) is 16.8 Å². The van der Waals surface area contributed by atoms with Crippen molar-refractivity contribution in [2.75, 3.05) is 14.1 Å². The second kappa shape index (κ2) is 12.6. The third kappa shape index (κ3) is 9.19. The van der Waals surface area contributed by atoms with Crippen LogP contribution in [0.2, 0.25) is 0 Å². The lowest BCUT2D eigenvalue weighted by Gasteiger charge is -2.46. The Balaban J connectivity index is 0.00000154. The number of hydrogen-bond acceptors (Lipinski definition) is 7. The number of thioether (sulfide) groups is 1. The van der Waals surface area contributed by atoms with Crippen molar-refractivity contribution >= 4 is 35.4 Å². The van der Waals surface area contributed by atoms with Crippen LogP contribution >= 0.6 is 11.8 Å². The normalized spacial score (nSPS) is 17.6. The molecule has 168 valence electrons. The molecule has 0 atom stereocenters. The summed E-state index contributed by atoms with van der Waals surface area (Å²) in [5.41, 5.74) is 6.93. The van der Waals surface area contributed by atoms with Gasteiger partial charge >= 0.3 is 0 Å². The average molecular weight is 437 g/mol. The Kier molecular flexibility index (Phi) is 11.8. The zero-order valence-electron chi connectivity index (χ0n) is 18.9. The van der Waals surface area contributed by atoms with Gasteiger partial charge in [-0.05, 0) is 79.6 Å². The molecule has 2 rings (SSSR count). The molecule has 6 nitrogen and oxygen atoms in total. The molecule has 0 aliphatic carbocycles. The number of hydrogen-bond donors (Lipinski definition) is 6. The maximum Gasteiger partial charge on any atom is 0.133 e. The number of nitrogens with one attached hydrogen (secondary N) is 5. The van der Waals surface area contributed by atoms with Gasteiger partial charge < -0.3 is 27.2 Å². The van der Waals surface area contributed by atoms with E-state index in [1.54, 1.807) is 12.1 Å². The lowest BCUT2D eigenvalue weighted by Crippen LogP contribution is -2.58. The molecule has 0 bridgehead atoms. The summed E-state index contributed by atoms with van der Waals surface area (Å²) >= 11 is 1.44. The van der Waals surface area contributed by atoms with Crippen LogP contribution in [0.5, 0.6) is 0 Å². The minimum Gasteiger partial charge on any atom is -0.398 e. The minimum atomic E-state index is -0.455. The molecule has 1 aliphatic rings. The second-order valence-corrected chi connectivity index (χ2v) is 9.66. The molecule has 0 aromatic heterocycles. The summed E-state index contributed by atoms with van der Waals surface area (Å²) < 4.78 is 14.5. The molecule has 1 aromatic carbocycles. The average Bonchev–Trinajstić information content (AvgIpc) is 2.61. The van der Waals surface area contributed by atoms with Gasteiger partial charge in [0.15, 0.2) is 0 Å². The molecule has 1 fully saturated rings. The minimum absolute atomic E-state index is 0.00585. The molecule has 1 aromatic rings. The number of nitrogens with two attached hydrogens (primary N) is 1.